The molecule has 0 amide bonds. The van der Waals surface area contributed by atoms with Crippen LogP contribution < -0.4 is 5.32 Å². The Hall–Kier alpha value is -0.0800. The van der Waals surface area contributed by atoms with Crippen LogP contribution in [0.1, 0.15) is 66.7 Å². The van der Waals surface area contributed by atoms with Gasteiger partial charge in [0.2, 0.25) is 0 Å². The highest BCUT2D eigenvalue weighted by atomic mass is 15.1. The first-order valence-electron chi connectivity index (χ1n) is 8.39. The van der Waals surface area contributed by atoms with E-state index in [1.165, 1.54) is 51.7 Å². The SMILES string of the molecule is CCNC(C)CCCN1CCCC(C(C)(C)C)CC1. The fourth-order valence-corrected chi connectivity index (χ4v) is 3.32. The van der Waals surface area contributed by atoms with Crippen LogP contribution in [0.3, 0.4) is 0 Å². The van der Waals surface area contributed by atoms with Crippen molar-refractivity contribution in [1.29, 1.82) is 0 Å². The maximum Gasteiger partial charge on any atom is 0.00390 e. The summed E-state index contributed by atoms with van der Waals surface area (Å²) in [5.41, 5.74) is 0.496. The van der Waals surface area contributed by atoms with Crippen LogP contribution in [-0.2, 0) is 0 Å². The summed E-state index contributed by atoms with van der Waals surface area (Å²) in [5, 5.41) is 3.50. The first-order valence-corrected chi connectivity index (χ1v) is 8.39. The van der Waals surface area contributed by atoms with Crippen LogP contribution in [0.25, 0.3) is 0 Å². The average molecular weight is 268 g/mol. The van der Waals surface area contributed by atoms with Crippen LogP contribution in [0.4, 0.5) is 0 Å². The topological polar surface area (TPSA) is 15.3 Å². The zero-order valence-electron chi connectivity index (χ0n) is 14.0. The van der Waals surface area contributed by atoms with Crippen molar-refractivity contribution in [3.8, 4) is 0 Å². The average Bonchev–Trinajstić information content (AvgIpc) is 2.54. The largest absolute Gasteiger partial charge is 0.315 e. The summed E-state index contributed by atoms with van der Waals surface area (Å²) in [6.07, 6.45) is 6.87. The lowest BCUT2D eigenvalue weighted by Crippen LogP contribution is -2.30. The van der Waals surface area contributed by atoms with E-state index >= 15 is 0 Å². The molecular weight excluding hydrogens is 232 g/mol. The number of hydrogen-bond acceptors (Lipinski definition) is 2. The lowest BCUT2D eigenvalue weighted by molar-refractivity contribution is 0.207. The van der Waals surface area contributed by atoms with Crippen LogP contribution in [0.5, 0.6) is 0 Å². The van der Waals surface area contributed by atoms with Crippen molar-refractivity contribution < 1.29 is 0 Å². The Labute approximate surface area is 121 Å². The van der Waals surface area contributed by atoms with E-state index in [4.69, 9.17) is 0 Å². The van der Waals surface area contributed by atoms with Gasteiger partial charge in [0.25, 0.3) is 0 Å². The second-order valence-corrected chi connectivity index (χ2v) is 7.44. The van der Waals surface area contributed by atoms with Gasteiger partial charge in [-0.1, -0.05) is 27.7 Å². The van der Waals surface area contributed by atoms with Gasteiger partial charge in [0.15, 0.2) is 0 Å². The minimum absolute atomic E-state index is 0.496. The maximum atomic E-state index is 3.50. The van der Waals surface area contributed by atoms with Gasteiger partial charge in [0.05, 0.1) is 0 Å². The summed E-state index contributed by atoms with van der Waals surface area (Å²) in [6, 6.07) is 0.680. The van der Waals surface area contributed by atoms with Crippen molar-refractivity contribution in [3.63, 3.8) is 0 Å². The predicted octanol–water partition coefficient (Wildman–Crippen LogP) is 3.91. The fourth-order valence-electron chi connectivity index (χ4n) is 3.32. The van der Waals surface area contributed by atoms with Crippen LogP contribution in [-0.4, -0.2) is 37.1 Å². The molecule has 1 N–H and O–H groups in total. The van der Waals surface area contributed by atoms with E-state index in [0.29, 0.717) is 11.5 Å². The molecular formula is C17H36N2. The number of nitrogens with one attached hydrogen (secondary N) is 1. The normalized spacial score (nSPS) is 24.2. The van der Waals surface area contributed by atoms with E-state index in [1.54, 1.807) is 0 Å². The van der Waals surface area contributed by atoms with E-state index in [1.807, 2.05) is 0 Å². The quantitative estimate of drug-likeness (QED) is 0.785. The molecule has 2 unspecified atom stereocenters. The first kappa shape index (κ1) is 17.0. The zero-order chi connectivity index (χ0) is 14.3. The minimum atomic E-state index is 0.496. The van der Waals surface area contributed by atoms with Gasteiger partial charge in [0.1, 0.15) is 0 Å². The second kappa shape index (κ2) is 8.26. The second-order valence-electron chi connectivity index (χ2n) is 7.44. The Morgan fingerprint density at radius 3 is 2.58 bits per heavy atom. The molecule has 0 radical (unpaired) electrons. The van der Waals surface area contributed by atoms with Crippen molar-refractivity contribution in [3.05, 3.63) is 0 Å². The van der Waals surface area contributed by atoms with Crippen molar-refractivity contribution in [1.82, 2.24) is 10.2 Å². The number of nitrogens with zero attached hydrogens (tertiary/aromatic N) is 1. The highest BCUT2D eigenvalue weighted by Gasteiger charge is 2.26. The summed E-state index contributed by atoms with van der Waals surface area (Å²) < 4.78 is 0. The monoisotopic (exact) mass is 268 g/mol. The van der Waals surface area contributed by atoms with Gasteiger partial charge < -0.3 is 10.2 Å². The standard InChI is InChI=1S/C17H36N2/c1-6-18-15(2)9-7-12-19-13-8-10-16(11-14-19)17(3,4)5/h15-16,18H,6-14H2,1-5H3. The summed E-state index contributed by atoms with van der Waals surface area (Å²) >= 11 is 0. The van der Waals surface area contributed by atoms with E-state index in [9.17, 15) is 0 Å². The minimum Gasteiger partial charge on any atom is -0.315 e. The third kappa shape index (κ3) is 6.76. The molecule has 0 bridgehead atoms. The molecule has 0 aromatic carbocycles. The van der Waals surface area contributed by atoms with E-state index in [2.05, 4.69) is 44.8 Å². The van der Waals surface area contributed by atoms with Crippen molar-refractivity contribution in [2.45, 2.75) is 72.8 Å². The molecule has 2 heteroatoms. The fraction of sp³-hybridized carbons (Fsp3) is 1.00. The maximum absolute atomic E-state index is 3.50. The van der Waals surface area contributed by atoms with Gasteiger partial charge in [0, 0.05) is 6.04 Å². The van der Waals surface area contributed by atoms with E-state index in [0.717, 1.165) is 12.5 Å². The Balaban J connectivity index is 2.22. The van der Waals surface area contributed by atoms with Crippen LogP contribution in [0.2, 0.25) is 0 Å². The predicted molar refractivity (Wildman–Crippen MR) is 85.6 cm³/mol. The lowest BCUT2D eigenvalue weighted by atomic mass is 9.77. The van der Waals surface area contributed by atoms with Crippen molar-refractivity contribution in [2.24, 2.45) is 11.3 Å². The molecule has 1 fully saturated rings. The summed E-state index contributed by atoms with van der Waals surface area (Å²) in [5.74, 6) is 0.915. The molecule has 0 saturated carbocycles. The Bertz CT molecular complexity index is 232. The Morgan fingerprint density at radius 1 is 1.21 bits per heavy atom. The molecule has 0 spiro atoms. The third-order valence-corrected chi connectivity index (χ3v) is 4.71. The van der Waals surface area contributed by atoms with Gasteiger partial charge in [-0.15, -0.1) is 0 Å². The molecule has 0 aliphatic carbocycles. The summed E-state index contributed by atoms with van der Waals surface area (Å²) in [4.78, 5) is 2.70. The Morgan fingerprint density at radius 2 is 1.95 bits per heavy atom. The zero-order valence-corrected chi connectivity index (χ0v) is 14.0. The van der Waals surface area contributed by atoms with Gasteiger partial charge in [-0.25, -0.2) is 0 Å². The molecule has 0 aromatic heterocycles. The molecule has 1 heterocycles. The Kier molecular flexibility index (Phi) is 7.38. The van der Waals surface area contributed by atoms with Gasteiger partial charge in [-0.2, -0.15) is 0 Å². The van der Waals surface area contributed by atoms with Gasteiger partial charge in [-0.3, -0.25) is 0 Å². The smallest absolute Gasteiger partial charge is 0.00390 e. The van der Waals surface area contributed by atoms with Crippen LogP contribution in [0.15, 0.2) is 0 Å². The molecule has 1 saturated heterocycles. The third-order valence-electron chi connectivity index (χ3n) is 4.71. The van der Waals surface area contributed by atoms with Gasteiger partial charge >= 0.3 is 0 Å². The lowest BCUT2D eigenvalue weighted by Gasteiger charge is -2.29. The van der Waals surface area contributed by atoms with Crippen LogP contribution >= 0.6 is 0 Å². The summed E-state index contributed by atoms with van der Waals surface area (Å²) in [7, 11) is 0. The molecule has 1 rings (SSSR count). The van der Waals surface area contributed by atoms with Crippen LogP contribution in [0, 0.1) is 11.3 Å². The number of rotatable bonds is 6. The highest BCUT2D eigenvalue weighted by Crippen LogP contribution is 2.34. The van der Waals surface area contributed by atoms with Gasteiger partial charge in [-0.05, 0) is 76.5 Å². The molecule has 1 aliphatic rings. The van der Waals surface area contributed by atoms with E-state index in [-0.39, 0.29) is 0 Å². The van der Waals surface area contributed by atoms with E-state index < -0.39 is 0 Å². The summed E-state index contributed by atoms with van der Waals surface area (Å²) in [6.45, 7) is 16.8. The molecule has 19 heavy (non-hydrogen) atoms. The molecule has 2 nitrogen and oxygen atoms in total. The molecule has 1 aliphatic heterocycles. The molecule has 114 valence electrons. The first-order chi connectivity index (χ1) is 8.93. The highest BCUT2D eigenvalue weighted by molar-refractivity contribution is 4.79. The number of likely N-dealkylation sites (tertiary alicyclic amines) is 1. The number of hydrogen-bond donors (Lipinski definition) is 1. The molecule has 0 aromatic rings. The van der Waals surface area contributed by atoms with Crippen molar-refractivity contribution >= 4 is 0 Å². The molecule has 2 atom stereocenters. The van der Waals surface area contributed by atoms with Crippen molar-refractivity contribution in [2.75, 3.05) is 26.2 Å².